The standard InChI is InChI=1S/C12H19N5O/c1-2-9(1)17-12-5-11(15-8-16-12)14-6-10-7-18-4-3-13-10/h5,8-10,13H,1-4,6-7H2,(H2,14,15,16,17). The van der Waals surface area contributed by atoms with E-state index in [1.165, 1.54) is 12.8 Å². The molecule has 1 aromatic rings. The predicted molar refractivity (Wildman–Crippen MR) is 69.8 cm³/mol. The Bertz CT molecular complexity index is 390. The Kier molecular flexibility index (Phi) is 3.56. The lowest BCUT2D eigenvalue weighted by molar-refractivity contribution is 0.0806. The van der Waals surface area contributed by atoms with Gasteiger partial charge in [-0.05, 0) is 12.8 Å². The molecule has 1 atom stereocenters. The molecule has 3 N–H and O–H groups in total. The normalized spacial score (nSPS) is 23.7. The number of hydrogen-bond donors (Lipinski definition) is 3. The Hall–Kier alpha value is -1.40. The van der Waals surface area contributed by atoms with Crippen molar-refractivity contribution in [3.63, 3.8) is 0 Å². The van der Waals surface area contributed by atoms with Gasteiger partial charge < -0.3 is 20.7 Å². The molecule has 0 amide bonds. The van der Waals surface area contributed by atoms with Crippen LogP contribution in [0.1, 0.15) is 12.8 Å². The Morgan fingerprint density at radius 1 is 1.33 bits per heavy atom. The molecule has 0 radical (unpaired) electrons. The third-order valence-electron chi connectivity index (χ3n) is 3.12. The van der Waals surface area contributed by atoms with Crippen molar-refractivity contribution in [2.75, 3.05) is 36.9 Å². The topological polar surface area (TPSA) is 71.1 Å². The molecule has 0 bridgehead atoms. The fourth-order valence-corrected chi connectivity index (χ4v) is 1.95. The van der Waals surface area contributed by atoms with Gasteiger partial charge in [-0.15, -0.1) is 0 Å². The van der Waals surface area contributed by atoms with E-state index in [1.807, 2.05) is 6.07 Å². The fraction of sp³-hybridized carbons (Fsp3) is 0.667. The molecule has 18 heavy (non-hydrogen) atoms. The van der Waals surface area contributed by atoms with Crippen molar-refractivity contribution in [2.24, 2.45) is 0 Å². The van der Waals surface area contributed by atoms with Crippen LogP contribution in [-0.4, -0.2) is 48.4 Å². The van der Waals surface area contributed by atoms with Gasteiger partial charge in [-0.1, -0.05) is 0 Å². The van der Waals surface area contributed by atoms with Crippen molar-refractivity contribution in [2.45, 2.75) is 24.9 Å². The quantitative estimate of drug-likeness (QED) is 0.704. The number of nitrogens with zero attached hydrogens (tertiary/aromatic N) is 2. The van der Waals surface area contributed by atoms with Crippen LogP contribution < -0.4 is 16.0 Å². The molecule has 6 nitrogen and oxygen atoms in total. The number of anilines is 2. The molecular formula is C12H19N5O. The maximum Gasteiger partial charge on any atom is 0.131 e. The van der Waals surface area contributed by atoms with Gasteiger partial charge in [-0.3, -0.25) is 0 Å². The summed E-state index contributed by atoms with van der Waals surface area (Å²) in [6.45, 7) is 3.30. The summed E-state index contributed by atoms with van der Waals surface area (Å²) in [6.07, 6.45) is 4.09. The van der Waals surface area contributed by atoms with Gasteiger partial charge in [0.2, 0.25) is 0 Å². The van der Waals surface area contributed by atoms with Crippen LogP contribution in [0.5, 0.6) is 0 Å². The zero-order valence-electron chi connectivity index (χ0n) is 10.4. The molecule has 1 saturated carbocycles. The van der Waals surface area contributed by atoms with Crippen molar-refractivity contribution < 1.29 is 4.74 Å². The second kappa shape index (κ2) is 5.49. The van der Waals surface area contributed by atoms with E-state index in [0.29, 0.717) is 12.1 Å². The van der Waals surface area contributed by atoms with E-state index in [1.54, 1.807) is 6.33 Å². The maximum absolute atomic E-state index is 5.41. The van der Waals surface area contributed by atoms with Crippen molar-refractivity contribution in [1.29, 1.82) is 0 Å². The van der Waals surface area contributed by atoms with Crippen LogP contribution in [0.3, 0.4) is 0 Å². The summed E-state index contributed by atoms with van der Waals surface area (Å²) in [4.78, 5) is 8.43. The average Bonchev–Trinajstić information content (AvgIpc) is 3.22. The first kappa shape index (κ1) is 11.7. The van der Waals surface area contributed by atoms with Crippen molar-refractivity contribution in [1.82, 2.24) is 15.3 Å². The minimum atomic E-state index is 0.355. The molecule has 0 aromatic carbocycles. The molecular weight excluding hydrogens is 230 g/mol. The van der Waals surface area contributed by atoms with Gasteiger partial charge in [0, 0.05) is 31.2 Å². The van der Waals surface area contributed by atoms with Crippen LogP contribution in [0, 0.1) is 0 Å². The molecule has 1 aliphatic carbocycles. The molecule has 98 valence electrons. The lowest BCUT2D eigenvalue weighted by Gasteiger charge is -2.24. The third-order valence-corrected chi connectivity index (χ3v) is 3.12. The smallest absolute Gasteiger partial charge is 0.131 e. The molecule has 6 heteroatoms. The summed E-state index contributed by atoms with van der Waals surface area (Å²) in [5.74, 6) is 1.77. The highest BCUT2D eigenvalue weighted by Crippen LogP contribution is 2.24. The first-order valence-corrected chi connectivity index (χ1v) is 6.54. The van der Waals surface area contributed by atoms with E-state index < -0.39 is 0 Å². The second-order valence-corrected chi connectivity index (χ2v) is 4.81. The lowest BCUT2D eigenvalue weighted by atomic mass is 10.3. The Morgan fingerprint density at radius 3 is 3.00 bits per heavy atom. The average molecular weight is 249 g/mol. The number of aromatic nitrogens is 2. The monoisotopic (exact) mass is 249 g/mol. The van der Waals surface area contributed by atoms with Gasteiger partial charge in [0.15, 0.2) is 0 Å². The number of morpholine rings is 1. The summed E-state index contributed by atoms with van der Waals surface area (Å²) in [5, 5.41) is 10.1. The van der Waals surface area contributed by atoms with Gasteiger partial charge in [0.05, 0.1) is 13.2 Å². The van der Waals surface area contributed by atoms with Crippen LogP contribution in [0.2, 0.25) is 0 Å². The minimum absolute atomic E-state index is 0.355. The summed E-state index contributed by atoms with van der Waals surface area (Å²) in [7, 11) is 0. The third kappa shape index (κ3) is 3.30. The molecule has 0 spiro atoms. The summed E-state index contributed by atoms with van der Waals surface area (Å²) >= 11 is 0. The highest BCUT2D eigenvalue weighted by atomic mass is 16.5. The molecule has 3 rings (SSSR count). The van der Waals surface area contributed by atoms with Gasteiger partial charge in [-0.25, -0.2) is 9.97 Å². The van der Waals surface area contributed by atoms with Crippen LogP contribution in [0.4, 0.5) is 11.6 Å². The second-order valence-electron chi connectivity index (χ2n) is 4.81. The van der Waals surface area contributed by atoms with Gasteiger partial charge in [0.1, 0.15) is 18.0 Å². The maximum atomic E-state index is 5.41. The van der Waals surface area contributed by atoms with Crippen LogP contribution in [0.15, 0.2) is 12.4 Å². The SMILES string of the molecule is c1nc(NCC2COCCN2)cc(NC2CC2)n1. The van der Waals surface area contributed by atoms with Gasteiger partial charge in [-0.2, -0.15) is 0 Å². The largest absolute Gasteiger partial charge is 0.378 e. The lowest BCUT2D eigenvalue weighted by Crippen LogP contribution is -2.45. The summed E-state index contributed by atoms with van der Waals surface area (Å²) in [5.41, 5.74) is 0. The van der Waals surface area contributed by atoms with E-state index in [2.05, 4.69) is 25.9 Å². The first-order chi connectivity index (χ1) is 8.90. The highest BCUT2D eigenvalue weighted by Gasteiger charge is 2.21. The summed E-state index contributed by atoms with van der Waals surface area (Å²) < 4.78 is 5.41. The highest BCUT2D eigenvalue weighted by molar-refractivity contribution is 5.47. The molecule has 2 heterocycles. The van der Waals surface area contributed by atoms with E-state index in [4.69, 9.17) is 4.74 Å². The molecule has 2 fully saturated rings. The van der Waals surface area contributed by atoms with E-state index >= 15 is 0 Å². The van der Waals surface area contributed by atoms with Crippen molar-refractivity contribution in [3.05, 3.63) is 12.4 Å². The number of rotatable bonds is 5. The van der Waals surface area contributed by atoms with E-state index in [9.17, 15) is 0 Å². The van der Waals surface area contributed by atoms with Crippen LogP contribution >= 0.6 is 0 Å². The molecule has 1 aromatic heterocycles. The first-order valence-electron chi connectivity index (χ1n) is 6.54. The van der Waals surface area contributed by atoms with Crippen LogP contribution in [-0.2, 0) is 4.74 Å². The van der Waals surface area contributed by atoms with Gasteiger partial charge in [0.25, 0.3) is 0 Å². The van der Waals surface area contributed by atoms with E-state index in [0.717, 1.165) is 37.9 Å². The fourth-order valence-electron chi connectivity index (χ4n) is 1.95. The zero-order chi connectivity index (χ0) is 12.2. The zero-order valence-corrected chi connectivity index (χ0v) is 10.4. The van der Waals surface area contributed by atoms with Gasteiger partial charge >= 0.3 is 0 Å². The Morgan fingerprint density at radius 2 is 2.22 bits per heavy atom. The van der Waals surface area contributed by atoms with Crippen molar-refractivity contribution in [3.8, 4) is 0 Å². The van der Waals surface area contributed by atoms with Crippen LogP contribution in [0.25, 0.3) is 0 Å². The minimum Gasteiger partial charge on any atom is -0.378 e. The summed E-state index contributed by atoms with van der Waals surface area (Å²) in [6, 6.07) is 2.93. The van der Waals surface area contributed by atoms with Crippen molar-refractivity contribution >= 4 is 11.6 Å². The number of ether oxygens (including phenoxy) is 1. The Balaban J connectivity index is 1.51. The molecule has 2 aliphatic rings. The number of nitrogens with one attached hydrogen (secondary N) is 3. The number of hydrogen-bond acceptors (Lipinski definition) is 6. The van der Waals surface area contributed by atoms with E-state index in [-0.39, 0.29) is 0 Å². The predicted octanol–water partition coefficient (Wildman–Crippen LogP) is 0.451. The molecule has 1 saturated heterocycles. The molecule has 1 aliphatic heterocycles. The Labute approximate surface area is 107 Å². The molecule has 1 unspecified atom stereocenters.